The second-order valence-electron chi connectivity index (χ2n) is 3.29. The maximum absolute atomic E-state index is 12.9. The van der Waals surface area contributed by atoms with E-state index in [1.54, 1.807) is 0 Å². The van der Waals surface area contributed by atoms with Crippen molar-refractivity contribution < 1.29 is 22.3 Å². The number of benzene rings is 1. The molecule has 0 aliphatic rings. The maximum Gasteiger partial charge on any atom is 0.422 e. The Balaban J connectivity index is 2.87. The molecule has 1 nitrogen and oxygen atoms in total. The quantitative estimate of drug-likeness (QED) is 0.465. The fraction of sp³-hybridized carbons (Fsp3) is 0.333. The Labute approximate surface area is 107 Å². The minimum Gasteiger partial charge on any atom is -0.483 e. The number of hydrogen-bond donors (Lipinski definition) is 0. The van der Waals surface area contributed by atoms with Gasteiger partial charge >= 0.3 is 6.18 Å². The van der Waals surface area contributed by atoms with Crippen LogP contribution in [0.15, 0.2) is 18.2 Å². The zero-order chi connectivity index (χ0) is 13.6. The Morgan fingerprint density at radius 1 is 1.28 bits per heavy atom. The van der Waals surface area contributed by atoms with E-state index in [1.807, 2.05) is 0 Å². The summed E-state index contributed by atoms with van der Waals surface area (Å²) in [6.07, 6.45) is -4.09. The minimum atomic E-state index is -4.48. The molecule has 0 unspecified atom stereocenters. The molecular formula is C12H9ClF4O. The van der Waals surface area contributed by atoms with Crippen LogP contribution in [0.25, 0.3) is 0 Å². The summed E-state index contributed by atoms with van der Waals surface area (Å²) in [4.78, 5) is 0. The highest BCUT2D eigenvalue weighted by Crippen LogP contribution is 2.22. The van der Waals surface area contributed by atoms with Gasteiger partial charge in [-0.15, -0.1) is 11.6 Å². The van der Waals surface area contributed by atoms with Crippen LogP contribution in [0.3, 0.4) is 0 Å². The van der Waals surface area contributed by atoms with Gasteiger partial charge in [0.05, 0.1) is 5.56 Å². The average molecular weight is 281 g/mol. The number of ether oxygens (including phenoxy) is 1. The van der Waals surface area contributed by atoms with Crippen LogP contribution in [0.5, 0.6) is 5.75 Å². The van der Waals surface area contributed by atoms with Gasteiger partial charge in [0.25, 0.3) is 0 Å². The lowest BCUT2D eigenvalue weighted by Crippen LogP contribution is -2.19. The smallest absolute Gasteiger partial charge is 0.422 e. The highest BCUT2D eigenvalue weighted by atomic mass is 35.5. The predicted octanol–water partition coefficient (Wildman–Crippen LogP) is 3.75. The molecule has 0 aromatic heterocycles. The molecule has 0 amide bonds. The summed E-state index contributed by atoms with van der Waals surface area (Å²) in [5, 5.41) is 0. The van der Waals surface area contributed by atoms with Crippen LogP contribution >= 0.6 is 11.6 Å². The molecule has 0 bridgehead atoms. The van der Waals surface area contributed by atoms with E-state index >= 15 is 0 Å². The third-order valence-electron chi connectivity index (χ3n) is 1.78. The molecule has 0 heterocycles. The van der Waals surface area contributed by atoms with Gasteiger partial charge in [-0.2, -0.15) is 13.2 Å². The van der Waals surface area contributed by atoms with E-state index in [4.69, 9.17) is 11.6 Å². The molecule has 1 aromatic carbocycles. The van der Waals surface area contributed by atoms with Gasteiger partial charge in [-0.25, -0.2) is 4.39 Å². The zero-order valence-corrected chi connectivity index (χ0v) is 9.91. The van der Waals surface area contributed by atoms with E-state index in [0.717, 1.165) is 12.1 Å². The summed E-state index contributed by atoms with van der Waals surface area (Å²) < 4.78 is 53.5. The van der Waals surface area contributed by atoms with E-state index in [9.17, 15) is 17.6 Å². The summed E-state index contributed by atoms with van der Waals surface area (Å²) in [6, 6.07) is 3.24. The van der Waals surface area contributed by atoms with Crippen molar-refractivity contribution in [1.82, 2.24) is 0 Å². The van der Waals surface area contributed by atoms with Gasteiger partial charge < -0.3 is 4.74 Å². The fourth-order valence-electron chi connectivity index (χ4n) is 1.08. The van der Waals surface area contributed by atoms with E-state index in [1.165, 1.54) is 6.07 Å². The fourth-order valence-corrected chi connectivity index (χ4v) is 1.18. The molecule has 0 atom stereocenters. The molecule has 0 aliphatic carbocycles. The highest BCUT2D eigenvalue weighted by molar-refractivity contribution is 6.18. The van der Waals surface area contributed by atoms with Crippen LogP contribution in [-0.2, 0) is 0 Å². The first-order chi connectivity index (χ1) is 8.42. The standard InChI is InChI=1S/C12H9ClF4O/c13-6-2-1-3-9-4-5-10(14)7-11(9)18-8-12(15,16)17/h4-5,7H,2,6,8H2. The topological polar surface area (TPSA) is 9.23 Å². The average Bonchev–Trinajstić information content (AvgIpc) is 2.28. The van der Waals surface area contributed by atoms with Crippen molar-refractivity contribution in [3.8, 4) is 17.6 Å². The molecule has 6 heteroatoms. The van der Waals surface area contributed by atoms with E-state index in [-0.39, 0.29) is 11.3 Å². The first-order valence-corrected chi connectivity index (χ1v) is 5.50. The molecule has 0 fully saturated rings. The Hall–Kier alpha value is -1.41. The summed E-state index contributed by atoms with van der Waals surface area (Å²) in [6.45, 7) is -1.49. The van der Waals surface area contributed by atoms with Crippen molar-refractivity contribution in [2.75, 3.05) is 12.5 Å². The first kappa shape index (κ1) is 14.7. The third-order valence-corrected chi connectivity index (χ3v) is 1.97. The molecular weight excluding hydrogens is 272 g/mol. The van der Waals surface area contributed by atoms with E-state index < -0.39 is 18.6 Å². The van der Waals surface area contributed by atoms with Gasteiger partial charge in [-0.1, -0.05) is 11.8 Å². The molecule has 1 rings (SSSR count). The van der Waals surface area contributed by atoms with E-state index in [2.05, 4.69) is 16.6 Å². The van der Waals surface area contributed by atoms with Gasteiger partial charge in [0.2, 0.25) is 0 Å². The van der Waals surface area contributed by atoms with Gasteiger partial charge in [0.1, 0.15) is 11.6 Å². The lowest BCUT2D eigenvalue weighted by molar-refractivity contribution is -0.153. The van der Waals surface area contributed by atoms with Crippen molar-refractivity contribution in [1.29, 1.82) is 0 Å². The third kappa shape index (κ3) is 5.28. The normalized spacial score (nSPS) is 10.7. The molecule has 0 aliphatic heterocycles. The van der Waals surface area contributed by atoms with Gasteiger partial charge in [-0.3, -0.25) is 0 Å². The number of rotatable bonds is 3. The molecule has 18 heavy (non-hydrogen) atoms. The van der Waals surface area contributed by atoms with Crippen molar-refractivity contribution in [2.24, 2.45) is 0 Å². The molecule has 0 saturated carbocycles. The van der Waals surface area contributed by atoms with Gasteiger partial charge in [0.15, 0.2) is 6.61 Å². The van der Waals surface area contributed by atoms with Crippen molar-refractivity contribution >= 4 is 11.6 Å². The minimum absolute atomic E-state index is 0.200. The molecule has 0 spiro atoms. The number of halogens is 5. The SMILES string of the molecule is Fc1ccc(C#CCCCl)c(OCC(F)(F)F)c1. The lowest BCUT2D eigenvalue weighted by Gasteiger charge is -2.10. The van der Waals surface area contributed by atoms with Crippen molar-refractivity contribution in [3.63, 3.8) is 0 Å². The summed E-state index contributed by atoms with van der Waals surface area (Å²) in [5.74, 6) is 4.63. The Bertz CT molecular complexity index is 459. The predicted molar refractivity (Wildman–Crippen MR) is 60.2 cm³/mol. The van der Waals surface area contributed by atoms with Crippen LogP contribution in [0.1, 0.15) is 12.0 Å². The largest absolute Gasteiger partial charge is 0.483 e. The Morgan fingerprint density at radius 3 is 2.61 bits per heavy atom. The Morgan fingerprint density at radius 2 is 2.00 bits per heavy atom. The second-order valence-corrected chi connectivity index (χ2v) is 3.66. The first-order valence-electron chi connectivity index (χ1n) is 4.96. The summed E-state index contributed by atoms with van der Waals surface area (Å²) >= 11 is 5.41. The van der Waals surface area contributed by atoms with Crippen LogP contribution < -0.4 is 4.74 Å². The number of alkyl halides is 4. The molecule has 1 aromatic rings. The van der Waals surface area contributed by atoms with Gasteiger partial charge in [0, 0.05) is 18.4 Å². The number of hydrogen-bond acceptors (Lipinski definition) is 1. The van der Waals surface area contributed by atoms with E-state index in [0.29, 0.717) is 12.3 Å². The monoisotopic (exact) mass is 280 g/mol. The second kappa shape index (κ2) is 6.50. The van der Waals surface area contributed by atoms with Crippen LogP contribution in [0.4, 0.5) is 17.6 Å². The van der Waals surface area contributed by atoms with Crippen molar-refractivity contribution in [3.05, 3.63) is 29.6 Å². The van der Waals surface area contributed by atoms with Crippen LogP contribution in [0, 0.1) is 17.7 Å². The zero-order valence-electron chi connectivity index (χ0n) is 9.15. The highest BCUT2D eigenvalue weighted by Gasteiger charge is 2.28. The maximum atomic E-state index is 12.9. The summed E-state index contributed by atoms with van der Waals surface area (Å²) in [5.41, 5.74) is 0.200. The molecule has 0 radical (unpaired) electrons. The van der Waals surface area contributed by atoms with Gasteiger partial charge in [-0.05, 0) is 12.1 Å². The van der Waals surface area contributed by atoms with Crippen LogP contribution in [0.2, 0.25) is 0 Å². The van der Waals surface area contributed by atoms with Crippen LogP contribution in [-0.4, -0.2) is 18.7 Å². The summed E-state index contributed by atoms with van der Waals surface area (Å²) in [7, 11) is 0. The van der Waals surface area contributed by atoms with Crippen molar-refractivity contribution in [2.45, 2.75) is 12.6 Å². The Kier molecular flexibility index (Phi) is 5.29. The molecule has 98 valence electrons. The lowest BCUT2D eigenvalue weighted by atomic mass is 10.2. The molecule has 0 N–H and O–H groups in total. The molecule has 0 saturated heterocycles.